The van der Waals surface area contributed by atoms with Gasteiger partial charge in [-0.2, -0.15) is 0 Å². The Balaban J connectivity index is 1.17. The van der Waals surface area contributed by atoms with E-state index in [0.29, 0.717) is 53.6 Å². The van der Waals surface area contributed by atoms with Gasteiger partial charge in [-0.1, -0.05) is 37.4 Å². The summed E-state index contributed by atoms with van der Waals surface area (Å²) in [6, 6.07) is 20.4. The van der Waals surface area contributed by atoms with Gasteiger partial charge in [0.05, 0.1) is 37.6 Å². The molecule has 328 valence electrons. The lowest BCUT2D eigenvalue weighted by atomic mass is 10.1. The van der Waals surface area contributed by atoms with Gasteiger partial charge in [-0.15, -0.1) is 0 Å². The average molecular weight is 854 g/mol. The molecule has 15 nitrogen and oxygen atoms in total. The van der Waals surface area contributed by atoms with Crippen molar-refractivity contribution < 1.29 is 66.7 Å². The molecule has 4 aromatic carbocycles. The van der Waals surface area contributed by atoms with Gasteiger partial charge >= 0.3 is 23.9 Å². The number of methoxy groups -OCH3 is 1. The van der Waals surface area contributed by atoms with E-state index in [1.54, 1.807) is 48.5 Å². The van der Waals surface area contributed by atoms with Gasteiger partial charge in [-0.3, -0.25) is 14.5 Å². The third kappa shape index (κ3) is 13.5. The fraction of sp³-hybridized carbons (Fsp3) is 0.362. The summed E-state index contributed by atoms with van der Waals surface area (Å²) in [7, 11) is 1.37. The van der Waals surface area contributed by atoms with Crippen LogP contribution in [0.4, 0.5) is 0 Å². The van der Waals surface area contributed by atoms with Crippen LogP contribution in [0.15, 0.2) is 98.1 Å². The van der Waals surface area contributed by atoms with Gasteiger partial charge in [0.2, 0.25) is 12.2 Å². The molecule has 1 saturated heterocycles. The number of esters is 4. The summed E-state index contributed by atoms with van der Waals surface area (Å²) in [5.41, 5.74) is 0.206. The first-order chi connectivity index (χ1) is 30.1. The first kappa shape index (κ1) is 46.5. The summed E-state index contributed by atoms with van der Waals surface area (Å²) in [5, 5.41) is 2.97. The highest BCUT2D eigenvalue weighted by atomic mass is 16.7. The lowest BCUT2D eigenvalue weighted by Crippen LogP contribution is -2.37. The molecule has 0 N–H and O–H groups in total. The number of imide groups is 1. The summed E-state index contributed by atoms with van der Waals surface area (Å²) in [6.07, 6.45) is 5.44. The Hall–Kier alpha value is -6.58. The Labute approximate surface area is 359 Å². The maximum absolute atomic E-state index is 13.5. The normalized spacial score (nSPS) is 14.7. The molecule has 4 aromatic rings. The first-order valence-corrected chi connectivity index (χ1v) is 20.4. The number of ether oxygens (including phenoxy) is 8. The largest absolute Gasteiger partial charge is 0.494 e. The van der Waals surface area contributed by atoms with Crippen LogP contribution >= 0.6 is 0 Å². The van der Waals surface area contributed by atoms with Crippen molar-refractivity contribution in [1.82, 2.24) is 4.90 Å². The molecule has 1 fully saturated rings. The number of hydrogen-bond acceptors (Lipinski definition) is 14. The molecule has 0 aliphatic carbocycles. The third-order valence-electron chi connectivity index (χ3n) is 9.72. The molecule has 0 radical (unpaired) electrons. The van der Waals surface area contributed by atoms with Gasteiger partial charge in [-0.25, -0.2) is 19.2 Å². The van der Waals surface area contributed by atoms with Crippen LogP contribution in [0.1, 0.15) is 72.1 Å². The van der Waals surface area contributed by atoms with Crippen molar-refractivity contribution in [2.75, 3.05) is 47.1 Å². The minimum atomic E-state index is -1.78. The van der Waals surface area contributed by atoms with Gasteiger partial charge in [0.15, 0.2) is 0 Å². The van der Waals surface area contributed by atoms with Crippen LogP contribution in [0, 0.1) is 0 Å². The molecule has 2 atom stereocenters. The van der Waals surface area contributed by atoms with Crippen molar-refractivity contribution >= 4 is 57.2 Å². The van der Waals surface area contributed by atoms with E-state index in [2.05, 4.69) is 13.2 Å². The van der Waals surface area contributed by atoms with Gasteiger partial charge in [0.1, 0.15) is 25.0 Å². The Kier molecular flexibility index (Phi) is 18.0. The Morgan fingerprint density at radius 1 is 0.565 bits per heavy atom. The standard InChI is InChI=1S/C47H51NO14/c1-4-40(49)59-24-12-8-6-10-22-57-38-20-18-32-26-36(16-14-34(32)28-38)46(53)61-42-43(45(52)48(44(42)51)30-56-31-55-3)62-47(54)37-17-15-35-29-39(21-19-33(35)27-37)58-23-11-7-9-13-25-60-41(50)5-2/h4-5,14-21,26-29,42-43H,1-2,6-13,22-25,30-31H2,3H3/t42-,43-/m1/s1. The fourth-order valence-electron chi connectivity index (χ4n) is 6.44. The maximum Gasteiger partial charge on any atom is 0.339 e. The minimum absolute atomic E-state index is 0.103. The second kappa shape index (κ2) is 24.0. The zero-order valence-corrected chi connectivity index (χ0v) is 34.7. The summed E-state index contributed by atoms with van der Waals surface area (Å²) >= 11 is 0. The number of likely N-dealkylation sites (tertiary alicyclic amines) is 1. The fourth-order valence-corrected chi connectivity index (χ4v) is 6.44. The number of nitrogens with zero attached hydrogens (tertiary/aromatic N) is 1. The third-order valence-corrected chi connectivity index (χ3v) is 9.72. The van der Waals surface area contributed by atoms with Crippen molar-refractivity contribution in [3.8, 4) is 11.5 Å². The molecule has 5 rings (SSSR count). The number of unbranched alkanes of at least 4 members (excludes halogenated alkanes) is 6. The average Bonchev–Trinajstić information content (AvgIpc) is 3.50. The van der Waals surface area contributed by atoms with Crippen LogP contribution in [0.5, 0.6) is 11.5 Å². The number of benzene rings is 4. The number of carbonyl (C=O) groups is 6. The van der Waals surface area contributed by atoms with E-state index in [4.69, 9.17) is 37.9 Å². The smallest absolute Gasteiger partial charge is 0.339 e. The molecule has 0 spiro atoms. The summed E-state index contributed by atoms with van der Waals surface area (Å²) < 4.78 is 43.1. The quantitative estimate of drug-likeness (QED) is 0.0157. The van der Waals surface area contributed by atoms with Gasteiger partial charge in [-0.05, 0) is 121 Å². The molecule has 1 aliphatic rings. The molecule has 0 unspecified atom stereocenters. The molecular formula is C47H51NO14. The predicted octanol–water partition coefficient (Wildman–Crippen LogP) is 7.03. The number of amides is 2. The lowest BCUT2D eigenvalue weighted by molar-refractivity contribution is -0.152. The summed E-state index contributed by atoms with van der Waals surface area (Å²) in [5.74, 6) is -3.22. The highest BCUT2D eigenvalue weighted by Gasteiger charge is 2.53. The van der Waals surface area contributed by atoms with Crippen molar-refractivity contribution in [3.63, 3.8) is 0 Å². The van der Waals surface area contributed by atoms with E-state index in [9.17, 15) is 28.8 Å². The Morgan fingerprint density at radius 2 is 0.968 bits per heavy atom. The van der Waals surface area contributed by atoms with Crippen LogP contribution in [-0.4, -0.2) is 99.9 Å². The van der Waals surface area contributed by atoms with E-state index in [0.717, 1.165) is 74.3 Å². The summed E-state index contributed by atoms with van der Waals surface area (Å²) in [6.45, 7) is 7.69. The molecule has 15 heteroatoms. The van der Waals surface area contributed by atoms with Crippen molar-refractivity contribution in [1.29, 1.82) is 0 Å². The van der Waals surface area contributed by atoms with Crippen LogP contribution in [0.3, 0.4) is 0 Å². The van der Waals surface area contributed by atoms with E-state index in [-0.39, 0.29) is 17.9 Å². The molecule has 2 amide bonds. The molecule has 0 bridgehead atoms. The van der Waals surface area contributed by atoms with E-state index in [1.165, 1.54) is 19.2 Å². The predicted molar refractivity (Wildman–Crippen MR) is 226 cm³/mol. The zero-order valence-electron chi connectivity index (χ0n) is 34.7. The maximum atomic E-state index is 13.5. The van der Waals surface area contributed by atoms with Crippen molar-refractivity contribution in [2.45, 2.75) is 63.6 Å². The highest BCUT2D eigenvalue weighted by molar-refractivity contribution is 6.10. The molecule has 0 aromatic heterocycles. The highest BCUT2D eigenvalue weighted by Crippen LogP contribution is 2.28. The van der Waals surface area contributed by atoms with Gasteiger partial charge < -0.3 is 37.9 Å². The van der Waals surface area contributed by atoms with E-state index in [1.807, 2.05) is 12.1 Å². The molecule has 1 heterocycles. The zero-order chi connectivity index (χ0) is 44.3. The van der Waals surface area contributed by atoms with E-state index >= 15 is 0 Å². The Bertz CT molecular complexity index is 2080. The number of carbonyl (C=O) groups excluding carboxylic acids is 6. The van der Waals surface area contributed by atoms with Gasteiger partial charge in [0.25, 0.3) is 11.8 Å². The topological polar surface area (TPSA) is 180 Å². The van der Waals surface area contributed by atoms with Gasteiger partial charge in [0, 0.05) is 19.3 Å². The van der Waals surface area contributed by atoms with Crippen LogP contribution in [0.2, 0.25) is 0 Å². The molecule has 0 saturated carbocycles. The minimum Gasteiger partial charge on any atom is -0.494 e. The van der Waals surface area contributed by atoms with Crippen LogP contribution < -0.4 is 9.47 Å². The SMILES string of the molecule is C=CC(=O)OCCCCCCOc1ccc2cc(C(=O)O[C@H]3C(=O)N(COCOC)C(=O)[C@@H]3OC(=O)c3ccc4cc(OCCCCCCOC(=O)C=C)ccc4c3)ccc2c1. The monoisotopic (exact) mass is 853 g/mol. The van der Waals surface area contributed by atoms with Crippen LogP contribution in [0.25, 0.3) is 21.5 Å². The molecule has 1 aliphatic heterocycles. The summed E-state index contributed by atoms with van der Waals surface area (Å²) in [4.78, 5) is 77.0. The van der Waals surface area contributed by atoms with E-state index < -0.39 is 54.6 Å². The second-order valence-electron chi connectivity index (χ2n) is 14.2. The second-order valence-corrected chi connectivity index (χ2v) is 14.2. The first-order valence-electron chi connectivity index (χ1n) is 20.4. The lowest BCUT2D eigenvalue weighted by Gasteiger charge is -2.17. The van der Waals surface area contributed by atoms with Crippen LogP contribution in [-0.2, 0) is 47.6 Å². The molecular weight excluding hydrogens is 803 g/mol. The number of fused-ring (bicyclic) bond motifs is 2. The van der Waals surface area contributed by atoms with Crippen molar-refractivity contribution in [2.24, 2.45) is 0 Å². The van der Waals surface area contributed by atoms with Crippen molar-refractivity contribution in [3.05, 3.63) is 109 Å². The number of hydrogen-bond donors (Lipinski definition) is 0. The number of rotatable bonds is 26. The Morgan fingerprint density at radius 3 is 1.39 bits per heavy atom. The molecule has 62 heavy (non-hydrogen) atoms.